The van der Waals surface area contributed by atoms with Gasteiger partial charge in [0.05, 0.1) is 16.5 Å². The van der Waals surface area contributed by atoms with Crippen molar-refractivity contribution >= 4 is 15.9 Å². The summed E-state index contributed by atoms with van der Waals surface area (Å²) in [6, 6.07) is 7.25. The van der Waals surface area contributed by atoms with Crippen LogP contribution in [0, 0.1) is 23.1 Å². The number of benzene rings is 1. The first-order valence-corrected chi connectivity index (χ1v) is 6.42. The van der Waals surface area contributed by atoms with Crippen LogP contribution in [0.25, 0.3) is 0 Å². The highest BCUT2D eigenvalue weighted by molar-refractivity contribution is 9.10. The summed E-state index contributed by atoms with van der Waals surface area (Å²) in [6.45, 7) is 6.32. The summed E-state index contributed by atoms with van der Waals surface area (Å²) in [5.74, 6) is -0.235. The van der Waals surface area contributed by atoms with Crippen molar-refractivity contribution in [3.63, 3.8) is 0 Å². The smallest absolute Gasteiger partial charge is 0.137 e. The van der Waals surface area contributed by atoms with Gasteiger partial charge in [-0.1, -0.05) is 13.0 Å². The van der Waals surface area contributed by atoms with Crippen molar-refractivity contribution in [2.75, 3.05) is 13.1 Å². The molecule has 0 saturated carbocycles. The molecule has 2 nitrogen and oxygen atoms in total. The van der Waals surface area contributed by atoms with Gasteiger partial charge < -0.3 is 0 Å². The minimum Gasteiger partial charge on any atom is -0.298 e. The van der Waals surface area contributed by atoms with Gasteiger partial charge >= 0.3 is 0 Å². The molecule has 0 heterocycles. The Bertz CT molecular complexity index is 414. The normalized spacial score (nSPS) is 12.5. The van der Waals surface area contributed by atoms with Crippen molar-refractivity contribution in [2.45, 2.75) is 20.4 Å². The Labute approximate surface area is 110 Å². The summed E-state index contributed by atoms with van der Waals surface area (Å²) < 4.78 is 13.6. The van der Waals surface area contributed by atoms with E-state index in [-0.39, 0.29) is 11.7 Å². The van der Waals surface area contributed by atoms with Gasteiger partial charge in [0.15, 0.2) is 0 Å². The standard InChI is InChI=1S/C13H16BrFN2/c1-3-17(8-10(2)7-16)9-11-4-5-13(15)12(14)6-11/h4-6,10H,3,8-9H2,1-2H3. The first kappa shape index (κ1) is 14.1. The molecule has 1 aromatic rings. The summed E-state index contributed by atoms with van der Waals surface area (Å²) in [6.07, 6.45) is 0. The molecule has 0 radical (unpaired) electrons. The lowest BCUT2D eigenvalue weighted by Crippen LogP contribution is -2.27. The third-order valence-corrected chi connectivity index (χ3v) is 3.20. The second-order valence-electron chi connectivity index (χ2n) is 4.11. The zero-order chi connectivity index (χ0) is 12.8. The van der Waals surface area contributed by atoms with E-state index in [0.29, 0.717) is 4.47 Å². The number of hydrogen-bond donors (Lipinski definition) is 0. The van der Waals surface area contributed by atoms with Gasteiger partial charge in [-0.05, 0) is 47.1 Å². The lowest BCUT2D eigenvalue weighted by molar-refractivity contribution is 0.260. The molecule has 0 N–H and O–H groups in total. The SMILES string of the molecule is CCN(Cc1ccc(F)c(Br)c1)CC(C)C#N. The topological polar surface area (TPSA) is 27.0 Å². The molecule has 0 aliphatic heterocycles. The average molecular weight is 299 g/mol. The van der Waals surface area contributed by atoms with Crippen LogP contribution in [0.3, 0.4) is 0 Å². The first-order valence-electron chi connectivity index (χ1n) is 5.62. The van der Waals surface area contributed by atoms with E-state index >= 15 is 0 Å². The molecule has 0 spiro atoms. The minimum atomic E-state index is -0.248. The van der Waals surface area contributed by atoms with Gasteiger partial charge in [0.25, 0.3) is 0 Å². The molecule has 0 bridgehead atoms. The fraction of sp³-hybridized carbons (Fsp3) is 0.462. The molecule has 0 amide bonds. The number of halogens is 2. The van der Waals surface area contributed by atoms with Crippen molar-refractivity contribution in [3.05, 3.63) is 34.1 Å². The van der Waals surface area contributed by atoms with E-state index in [1.54, 1.807) is 12.1 Å². The molecule has 0 aliphatic rings. The quantitative estimate of drug-likeness (QED) is 0.831. The van der Waals surface area contributed by atoms with Gasteiger partial charge in [0.1, 0.15) is 5.82 Å². The Morgan fingerprint density at radius 1 is 1.53 bits per heavy atom. The molecule has 0 aliphatic carbocycles. The van der Waals surface area contributed by atoms with Crippen LogP contribution in [0.15, 0.2) is 22.7 Å². The Morgan fingerprint density at radius 2 is 2.24 bits per heavy atom. The van der Waals surface area contributed by atoms with Crippen molar-refractivity contribution in [3.8, 4) is 6.07 Å². The zero-order valence-corrected chi connectivity index (χ0v) is 11.7. The lowest BCUT2D eigenvalue weighted by atomic mass is 10.1. The summed E-state index contributed by atoms with van der Waals surface area (Å²) >= 11 is 3.18. The monoisotopic (exact) mass is 298 g/mol. The maximum Gasteiger partial charge on any atom is 0.137 e. The van der Waals surface area contributed by atoms with Crippen molar-refractivity contribution in [2.24, 2.45) is 5.92 Å². The Morgan fingerprint density at radius 3 is 2.76 bits per heavy atom. The zero-order valence-electron chi connectivity index (χ0n) is 10.1. The van der Waals surface area contributed by atoms with E-state index in [9.17, 15) is 4.39 Å². The minimum absolute atomic E-state index is 0.0128. The fourth-order valence-corrected chi connectivity index (χ4v) is 2.06. The summed E-state index contributed by atoms with van der Waals surface area (Å²) in [4.78, 5) is 2.17. The summed E-state index contributed by atoms with van der Waals surface area (Å²) in [7, 11) is 0. The van der Waals surface area contributed by atoms with Crippen LogP contribution in [0.2, 0.25) is 0 Å². The molecule has 1 aromatic carbocycles. The van der Waals surface area contributed by atoms with Gasteiger partial charge in [-0.25, -0.2) is 4.39 Å². The van der Waals surface area contributed by atoms with E-state index in [1.165, 1.54) is 6.07 Å². The highest BCUT2D eigenvalue weighted by atomic mass is 79.9. The van der Waals surface area contributed by atoms with Crippen LogP contribution in [-0.2, 0) is 6.54 Å². The fourth-order valence-electron chi connectivity index (χ4n) is 1.63. The van der Waals surface area contributed by atoms with E-state index in [4.69, 9.17) is 5.26 Å². The predicted octanol–water partition coefficient (Wildman–Crippen LogP) is 3.57. The molecule has 0 saturated heterocycles. The average Bonchev–Trinajstić information content (AvgIpc) is 2.32. The molecule has 1 atom stereocenters. The van der Waals surface area contributed by atoms with Crippen LogP contribution < -0.4 is 0 Å². The van der Waals surface area contributed by atoms with Crippen LogP contribution in [-0.4, -0.2) is 18.0 Å². The third-order valence-electron chi connectivity index (χ3n) is 2.59. The number of rotatable bonds is 5. The van der Waals surface area contributed by atoms with E-state index < -0.39 is 0 Å². The lowest BCUT2D eigenvalue weighted by Gasteiger charge is -2.21. The van der Waals surface area contributed by atoms with Crippen LogP contribution >= 0.6 is 15.9 Å². The van der Waals surface area contributed by atoms with Gasteiger partial charge in [-0.3, -0.25) is 4.90 Å². The van der Waals surface area contributed by atoms with Gasteiger partial charge in [0, 0.05) is 13.1 Å². The largest absolute Gasteiger partial charge is 0.298 e. The Kier molecular flexibility index (Phi) is 5.60. The second kappa shape index (κ2) is 6.73. The van der Waals surface area contributed by atoms with Crippen LogP contribution in [0.5, 0.6) is 0 Å². The van der Waals surface area contributed by atoms with Crippen molar-refractivity contribution < 1.29 is 4.39 Å². The molecular formula is C13H16BrFN2. The summed E-state index contributed by atoms with van der Waals surface area (Å²) in [5, 5.41) is 8.79. The van der Waals surface area contributed by atoms with E-state index in [2.05, 4.69) is 33.8 Å². The highest BCUT2D eigenvalue weighted by Crippen LogP contribution is 2.18. The van der Waals surface area contributed by atoms with Gasteiger partial charge in [-0.2, -0.15) is 5.26 Å². The molecule has 0 aromatic heterocycles. The van der Waals surface area contributed by atoms with Crippen LogP contribution in [0.1, 0.15) is 19.4 Å². The molecule has 17 heavy (non-hydrogen) atoms. The van der Waals surface area contributed by atoms with E-state index in [1.807, 2.05) is 6.92 Å². The Hall–Kier alpha value is -0.920. The van der Waals surface area contributed by atoms with E-state index in [0.717, 1.165) is 25.2 Å². The summed E-state index contributed by atoms with van der Waals surface area (Å²) in [5.41, 5.74) is 1.05. The van der Waals surface area contributed by atoms with Crippen LogP contribution in [0.4, 0.5) is 4.39 Å². The molecule has 4 heteroatoms. The molecule has 1 rings (SSSR count). The third kappa shape index (κ3) is 4.45. The molecular weight excluding hydrogens is 283 g/mol. The second-order valence-corrected chi connectivity index (χ2v) is 4.96. The maximum atomic E-state index is 13.1. The number of nitrogens with zero attached hydrogens (tertiary/aromatic N) is 2. The molecule has 0 fully saturated rings. The first-order chi connectivity index (χ1) is 8.06. The Balaban J connectivity index is 2.67. The van der Waals surface area contributed by atoms with Gasteiger partial charge in [-0.15, -0.1) is 0 Å². The predicted molar refractivity (Wildman–Crippen MR) is 69.8 cm³/mol. The van der Waals surface area contributed by atoms with Crippen molar-refractivity contribution in [1.29, 1.82) is 5.26 Å². The number of hydrogen-bond acceptors (Lipinski definition) is 2. The highest BCUT2D eigenvalue weighted by Gasteiger charge is 2.09. The molecule has 92 valence electrons. The van der Waals surface area contributed by atoms with Gasteiger partial charge in [0.2, 0.25) is 0 Å². The maximum absolute atomic E-state index is 13.1. The molecule has 1 unspecified atom stereocenters. The van der Waals surface area contributed by atoms with Crippen molar-refractivity contribution in [1.82, 2.24) is 4.90 Å². The number of nitriles is 1.